The third-order valence-corrected chi connectivity index (χ3v) is 0.472. The van der Waals surface area contributed by atoms with Gasteiger partial charge in [0.1, 0.15) is 6.02 Å². The lowest BCUT2D eigenvalue weighted by Crippen LogP contribution is -2.32. The Kier molecular flexibility index (Phi) is 1.29. The van der Waals surface area contributed by atoms with Gasteiger partial charge >= 0.3 is 11.9 Å². The molecule has 0 saturated carbocycles. The van der Waals surface area contributed by atoms with Crippen molar-refractivity contribution >= 4 is 11.9 Å². The van der Waals surface area contributed by atoms with Gasteiger partial charge in [-0.15, -0.1) is 0 Å². The fourth-order valence-corrected chi connectivity index (χ4v) is 0.169. The molecule has 0 heterocycles. The molecule has 0 aromatic rings. The van der Waals surface area contributed by atoms with E-state index in [0.29, 0.717) is 0 Å². The number of hydrogen-bond donors (Lipinski definition) is 3. The normalized spacial score (nSPS) is 22.6. The molecule has 4 N–H and O–H groups in total. The quantitative estimate of drug-likeness (QED) is 0.456. The van der Waals surface area contributed by atoms with Crippen molar-refractivity contribution in [1.82, 2.24) is 0 Å². The third kappa shape index (κ3) is 3.48. The fraction of sp³-hybridized carbons (Fsp3) is 0.500. The number of rotatable bonds is 3. The molecule has 0 aliphatic rings. The first kappa shape index (κ1) is 3.84. The maximum Gasteiger partial charge on any atom is 0.321 e. The molecule has 0 aliphatic carbocycles. The van der Waals surface area contributed by atoms with Gasteiger partial charge in [0.15, 0.2) is 0 Å². The Balaban J connectivity index is 5.01. The number of aliphatic carboxylic acids is 2. The van der Waals surface area contributed by atoms with Crippen molar-refractivity contribution in [2.75, 3.05) is 0 Å². The summed E-state index contributed by atoms with van der Waals surface area (Å²) in [5, 5.41) is 16.4. The Labute approximate surface area is 55.3 Å². The Morgan fingerprint density at radius 2 is 2.22 bits per heavy atom. The van der Waals surface area contributed by atoms with Gasteiger partial charge in [-0.2, -0.15) is 0 Å². The molecule has 0 aliphatic heterocycles. The average molecular weight is 136 g/mol. The van der Waals surface area contributed by atoms with Gasteiger partial charge in [0.2, 0.25) is 0 Å². The zero-order valence-corrected chi connectivity index (χ0v) is 4.29. The van der Waals surface area contributed by atoms with Crippen molar-refractivity contribution in [1.29, 1.82) is 0 Å². The molecule has 0 saturated heterocycles. The molecule has 0 amide bonds. The van der Waals surface area contributed by atoms with Crippen LogP contribution in [-0.4, -0.2) is 28.2 Å². The van der Waals surface area contributed by atoms with E-state index in [1.807, 2.05) is 0 Å². The van der Waals surface area contributed by atoms with Gasteiger partial charge in [-0.05, 0) is 0 Å². The highest BCUT2D eigenvalue weighted by Gasteiger charge is 2.14. The van der Waals surface area contributed by atoms with Gasteiger partial charge in [-0.25, -0.2) is 0 Å². The Morgan fingerprint density at radius 3 is 2.33 bits per heavy atom. The smallest absolute Gasteiger partial charge is 0.321 e. The van der Waals surface area contributed by atoms with Crippen LogP contribution in [0.5, 0.6) is 0 Å². The molecule has 0 aromatic carbocycles. The first-order valence-electron chi connectivity index (χ1n) is 3.39. The van der Waals surface area contributed by atoms with Crippen LogP contribution in [0, 0.1) is 0 Å². The molecule has 5 nitrogen and oxygen atoms in total. The summed E-state index contributed by atoms with van der Waals surface area (Å²) in [4.78, 5) is 20.3. The zero-order chi connectivity index (χ0) is 10.2. The first-order valence-corrected chi connectivity index (χ1v) is 1.89. The van der Waals surface area contributed by atoms with Gasteiger partial charge in [0, 0.05) is 2.74 Å². The lowest BCUT2D eigenvalue weighted by atomic mass is 10.2. The van der Waals surface area contributed by atoms with Crippen molar-refractivity contribution in [3.63, 3.8) is 0 Å². The molecule has 52 valence electrons. The van der Waals surface area contributed by atoms with E-state index in [4.69, 9.17) is 14.3 Å². The first-order chi connectivity index (χ1) is 5.14. The minimum Gasteiger partial charge on any atom is -0.481 e. The Bertz CT molecular complexity index is 202. The highest BCUT2D eigenvalue weighted by Crippen LogP contribution is 1.86. The van der Waals surface area contributed by atoms with Crippen LogP contribution >= 0.6 is 0 Å². The van der Waals surface area contributed by atoms with E-state index >= 15 is 0 Å². The van der Waals surface area contributed by atoms with Gasteiger partial charge in [0.05, 0.1) is 7.74 Å². The second-order valence-electron chi connectivity index (χ2n) is 1.15. The van der Waals surface area contributed by atoms with E-state index < -0.39 is 24.3 Å². The van der Waals surface area contributed by atoms with Gasteiger partial charge in [-0.1, -0.05) is 0 Å². The van der Waals surface area contributed by atoms with E-state index in [9.17, 15) is 9.59 Å². The number of carboxylic acid groups (broad SMARTS) is 2. The minimum absolute atomic E-state index is 2.03. The number of carbonyl (C=O) groups is 2. The van der Waals surface area contributed by atoms with Crippen molar-refractivity contribution in [3.05, 3.63) is 0 Å². The van der Waals surface area contributed by atoms with Crippen molar-refractivity contribution in [2.24, 2.45) is 5.73 Å². The summed E-state index contributed by atoms with van der Waals surface area (Å²) in [5.74, 6) is -4.11. The van der Waals surface area contributed by atoms with Crippen molar-refractivity contribution < 1.29 is 23.9 Å². The van der Waals surface area contributed by atoms with Gasteiger partial charge in [0.25, 0.3) is 0 Å². The highest BCUT2D eigenvalue weighted by atomic mass is 16.4. The molecule has 5 heteroatoms. The lowest BCUT2D eigenvalue weighted by Gasteiger charge is -1.99. The maximum absolute atomic E-state index is 10.2. The molecule has 9 heavy (non-hydrogen) atoms. The van der Waals surface area contributed by atoms with Crippen molar-refractivity contribution in [2.45, 2.75) is 12.4 Å². The molecular formula is C4H7NO4. The molecule has 0 radical (unpaired) electrons. The summed E-state index contributed by atoms with van der Waals surface area (Å²) in [5.41, 5.74) is 4.65. The van der Waals surface area contributed by atoms with E-state index in [-0.39, 0.29) is 0 Å². The summed E-state index contributed by atoms with van der Waals surface area (Å²) in [6, 6.07) is -3.18. The molecule has 1 atom stereocenters. The molecule has 0 rings (SSSR count). The molecule has 1 unspecified atom stereocenters. The fourth-order valence-electron chi connectivity index (χ4n) is 0.169. The van der Waals surface area contributed by atoms with Crippen LogP contribution in [0.1, 0.15) is 10.5 Å². The van der Waals surface area contributed by atoms with Crippen molar-refractivity contribution in [3.8, 4) is 0 Å². The largest absolute Gasteiger partial charge is 0.481 e. The SMILES string of the molecule is [2H]C([2H])(C(=O)O)C([2H])(N)C(=O)O. The van der Waals surface area contributed by atoms with Crippen LogP contribution in [0.25, 0.3) is 0 Å². The summed E-state index contributed by atoms with van der Waals surface area (Å²) in [6.07, 6.45) is -3.32. The van der Waals surface area contributed by atoms with E-state index in [1.165, 1.54) is 0 Å². The van der Waals surface area contributed by atoms with E-state index in [2.05, 4.69) is 5.73 Å². The predicted octanol–water partition coefficient (Wildman–Crippen LogP) is -1.13. The minimum atomic E-state index is -3.32. The van der Waals surface area contributed by atoms with Crippen LogP contribution in [0.2, 0.25) is 0 Å². The number of hydrogen-bond acceptors (Lipinski definition) is 3. The van der Waals surface area contributed by atoms with Crippen LogP contribution in [0.4, 0.5) is 0 Å². The Hall–Kier alpha value is -1.10. The van der Waals surface area contributed by atoms with Crippen LogP contribution in [0.3, 0.4) is 0 Å². The second-order valence-corrected chi connectivity index (χ2v) is 1.15. The van der Waals surface area contributed by atoms with E-state index in [1.54, 1.807) is 0 Å². The predicted molar refractivity (Wildman–Crippen MR) is 27.9 cm³/mol. The summed E-state index contributed by atoms with van der Waals surface area (Å²) >= 11 is 0. The second kappa shape index (κ2) is 3.03. The number of nitrogens with two attached hydrogens (primary N) is 1. The maximum atomic E-state index is 10.2. The van der Waals surface area contributed by atoms with Crippen LogP contribution in [-0.2, 0) is 9.59 Å². The third-order valence-electron chi connectivity index (χ3n) is 0.472. The van der Waals surface area contributed by atoms with Crippen LogP contribution in [0.15, 0.2) is 0 Å². The summed E-state index contributed by atoms with van der Waals surface area (Å²) in [7, 11) is 0. The molecule has 0 aromatic heterocycles. The summed E-state index contributed by atoms with van der Waals surface area (Å²) in [6.45, 7) is 0. The lowest BCUT2D eigenvalue weighted by molar-refractivity contribution is -0.144. The molecule has 0 spiro atoms. The molecule has 0 bridgehead atoms. The molecule has 0 fully saturated rings. The standard InChI is InChI=1S/C4H7NO4/c5-2(4(8)9)1-3(6)7/h2H,1,5H2,(H,6,7)(H,8,9)/i1D2,2D. The molecular weight excluding hydrogens is 126 g/mol. The van der Waals surface area contributed by atoms with Gasteiger partial charge < -0.3 is 15.9 Å². The monoisotopic (exact) mass is 136 g/mol. The van der Waals surface area contributed by atoms with E-state index in [0.717, 1.165) is 0 Å². The van der Waals surface area contributed by atoms with Gasteiger partial charge in [-0.3, -0.25) is 9.59 Å². The number of carboxylic acids is 2. The van der Waals surface area contributed by atoms with Crippen LogP contribution < -0.4 is 5.73 Å². The Morgan fingerprint density at radius 1 is 1.78 bits per heavy atom. The average Bonchev–Trinajstić information content (AvgIpc) is 1.86. The highest BCUT2D eigenvalue weighted by molar-refractivity contribution is 5.80. The summed E-state index contributed by atoms with van der Waals surface area (Å²) < 4.78 is 20.1. The topological polar surface area (TPSA) is 101 Å². The zero-order valence-electron chi connectivity index (χ0n) is 7.29.